The van der Waals surface area contributed by atoms with Crippen molar-refractivity contribution in [2.75, 3.05) is 0 Å². The first-order valence-electron chi connectivity index (χ1n) is 10.7. The van der Waals surface area contributed by atoms with E-state index in [4.69, 9.17) is 5.11 Å². The molecule has 1 unspecified atom stereocenters. The number of hydrogen-bond donors (Lipinski definition) is 2. The summed E-state index contributed by atoms with van der Waals surface area (Å²) in [5, 5.41) is 19.9. The van der Waals surface area contributed by atoms with Crippen molar-refractivity contribution in [1.82, 2.24) is 0 Å². The highest BCUT2D eigenvalue weighted by molar-refractivity contribution is 5.83. The zero-order chi connectivity index (χ0) is 20.3. The van der Waals surface area contributed by atoms with Gasteiger partial charge in [0, 0.05) is 18.8 Å². The topological polar surface area (TPSA) is 74.6 Å². The van der Waals surface area contributed by atoms with Crippen LogP contribution in [0.15, 0.2) is 24.3 Å². The molecule has 0 amide bonds. The van der Waals surface area contributed by atoms with Crippen molar-refractivity contribution < 1.29 is 19.8 Å². The number of carboxylic acids is 1. The third-order valence-electron chi connectivity index (χ3n) is 5.92. The Balaban J connectivity index is 2.76. The Morgan fingerprint density at radius 3 is 2.44 bits per heavy atom. The van der Waals surface area contributed by atoms with E-state index >= 15 is 0 Å². The Kier molecular flexibility index (Phi) is 10.6. The standard InChI is InChI=1S/C23H38O4/c1-4-10-19(11-5-2)23(27,6-3)17-16-18-14-15-21(24)20(18)12-8-7-9-13-22(25)26/h7-8,16-20,27H,4-6,9-15H2,1-3H3,(H,25,26)/t18-,20+,23?/m1/s1. The summed E-state index contributed by atoms with van der Waals surface area (Å²) in [5.41, 5.74) is -0.792. The number of allylic oxidation sites excluding steroid dienone is 3. The molecule has 1 saturated carbocycles. The highest BCUT2D eigenvalue weighted by Crippen LogP contribution is 2.36. The lowest BCUT2D eigenvalue weighted by Gasteiger charge is -2.33. The fourth-order valence-corrected chi connectivity index (χ4v) is 4.21. The van der Waals surface area contributed by atoms with Crippen LogP contribution >= 0.6 is 0 Å². The lowest BCUT2D eigenvalue weighted by Crippen LogP contribution is -2.35. The smallest absolute Gasteiger partial charge is 0.303 e. The molecule has 0 spiro atoms. The second-order valence-corrected chi connectivity index (χ2v) is 7.89. The van der Waals surface area contributed by atoms with Crippen molar-refractivity contribution in [2.24, 2.45) is 17.8 Å². The molecule has 0 bridgehead atoms. The van der Waals surface area contributed by atoms with E-state index in [1.807, 2.05) is 25.2 Å². The molecule has 0 aromatic rings. The Labute approximate surface area is 164 Å². The van der Waals surface area contributed by atoms with Gasteiger partial charge in [0.05, 0.1) is 5.60 Å². The minimum absolute atomic E-state index is 0.0424. The number of hydrogen-bond acceptors (Lipinski definition) is 3. The lowest BCUT2D eigenvalue weighted by atomic mass is 9.78. The van der Waals surface area contributed by atoms with Crippen LogP contribution in [0.2, 0.25) is 0 Å². The van der Waals surface area contributed by atoms with Crippen LogP contribution in [0.1, 0.15) is 85.0 Å². The van der Waals surface area contributed by atoms with Crippen molar-refractivity contribution in [1.29, 1.82) is 0 Å². The van der Waals surface area contributed by atoms with Gasteiger partial charge in [-0.25, -0.2) is 0 Å². The third-order valence-corrected chi connectivity index (χ3v) is 5.92. The molecule has 1 aliphatic carbocycles. The Bertz CT molecular complexity index is 516. The van der Waals surface area contributed by atoms with Gasteiger partial charge in [-0.1, -0.05) is 57.9 Å². The molecule has 1 fully saturated rings. The third kappa shape index (κ3) is 7.61. The van der Waals surface area contributed by atoms with Gasteiger partial charge in [-0.2, -0.15) is 0 Å². The molecule has 4 nitrogen and oxygen atoms in total. The maximum Gasteiger partial charge on any atom is 0.303 e. The first kappa shape index (κ1) is 23.6. The predicted molar refractivity (Wildman–Crippen MR) is 110 cm³/mol. The monoisotopic (exact) mass is 378 g/mol. The summed E-state index contributed by atoms with van der Waals surface area (Å²) in [6.07, 6.45) is 15.4. The van der Waals surface area contributed by atoms with Crippen LogP contribution in [-0.2, 0) is 9.59 Å². The maximum atomic E-state index is 12.3. The van der Waals surface area contributed by atoms with Crippen molar-refractivity contribution in [3.63, 3.8) is 0 Å². The summed E-state index contributed by atoms with van der Waals surface area (Å²) in [4.78, 5) is 22.8. The van der Waals surface area contributed by atoms with E-state index in [0.29, 0.717) is 25.7 Å². The number of aliphatic carboxylic acids is 1. The highest BCUT2D eigenvalue weighted by atomic mass is 16.4. The van der Waals surface area contributed by atoms with E-state index in [1.165, 1.54) is 0 Å². The Hall–Kier alpha value is -1.42. The van der Waals surface area contributed by atoms with E-state index in [-0.39, 0.29) is 30.0 Å². The number of ketones is 1. The molecule has 1 aliphatic rings. The molecule has 0 heterocycles. The Morgan fingerprint density at radius 1 is 1.22 bits per heavy atom. The van der Waals surface area contributed by atoms with Crippen LogP contribution < -0.4 is 0 Å². The van der Waals surface area contributed by atoms with Gasteiger partial charge in [0.15, 0.2) is 0 Å². The molecular weight excluding hydrogens is 340 g/mol. The number of rotatable bonds is 13. The van der Waals surface area contributed by atoms with Gasteiger partial charge in [-0.15, -0.1) is 0 Å². The number of carbonyl (C=O) groups is 2. The average Bonchev–Trinajstić information content (AvgIpc) is 2.99. The summed E-state index contributed by atoms with van der Waals surface area (Å²) >= 11 is 0. The number of carboxylic acid groups (broad SMARTS) is 1. The van der Waals surface area contributed by atoms with Crippen LogP contribution in [0.4, 0.5) is 0 Å². The number of aliphatic hydroxyl groups is 1. The molecule has 4 heteroatoms. The first-order valence-corrected chi connectivity index (χ1v) is 10.7. The SMILES string of the molecule is CCCC(CCC)C(O)(C=C[C@H]1CCC(=O)[C@H]1CC=CCCC(=O)O)CC. The summed E-state index contributed by atoms with van der Waals surface area (Å²) in [7, 11) is 0. The van der Waals surface area contributed by atoms with Gasteiger partial charge >= 0.3 is 5.97 Å². The fourth-order valence-electron chi connectivity index (χ4n) is 4.21. The van der Waals surface area contributed by atoms with Crippen LogP contribution in [0.3, 0.4) is 0 Å². The zero-order valence-electron chi connectivity index (χ0n) is 17.3. The summed E-state index contributed by atoms with van der Waals surface area (Å²) in [6.45, 7) is 6.35. The van der Waals surface area contributed by atoms with Gasteiger partial charge in [0.2, 0.25) is 0 Å². The van der Waals surface area contributed by atoms with Gasteiger partial charge in [-0.3, -0.25) is 9.59 Å². The van der Waals surface area contributed by atoms with E-state index in [1.54, 1.807) is 0 Å². The Morgan fingerprint density at radius 2 is 1.89 bits per heavy atom. The van der Waals surface area contributed by atoms with Gasteiger partial charge < -0.3 is 10.2 Å². The van der Waals surface area contributed by atoms with Crippen molar-refractivity contribution in [3.8, 4) is 0 Å². The van der Waals surface area contributed by atoms with E-state index in [0.717, 1.165) is 32.1 Å². The molecule has 3 atom stereocenters. The average molecular weight is 379 g/mol. The molecule has 2 N–H and O–H groups in total. The largest absolute Gasteiger partial charge is 0.481 e. The minimum Gasteiger partial charge on any atom is -0.481 e. The zero-order valence-corrected chi connectivity index (χ0v) is 17.3. The van der Waals surface area contributed by atoms with Crippen LogP contribution in [0.5, 0.6) is 0 Å². The van der Waals surface area contributed by atoms with E-state index in [2.05, 4.69) is 19.9 Å². The van der Waals surface area contributed by atoms with Crippen molar-refractivity contribution >= 4 is 11.8 Å². The summed E-state index contributed by atoms with van der Waals surface area (Å²) < 4.78 is 0. The molecule has 0 saturated heterocycles. The fraction of sp³-hybridized carbons (Fsp3) is 0.739. The number of Topliss-reactive ketones (excluding diaryl/α,β-unsaturated/α-hetero) is 1. The molecule has 0 radical (unpaired) electrons. The molecule has 27 heavy (non-hydrogen) atoms. The first-order chi connectivity index (χ1) is 12.9. The van der Waals surface area contributed by atoms with Gasteiger partial charge in [0.1, 0.15) is 5.78 Å². The van der Waals surface area contributed by atoms with Crippen LogP contribution in [0.25, 0.3) is 0 Å². The summed E-state index contributed by atoms with van der Waals surface area (Å²) in [5.74, 6) is -0.126. The molecule has 0 aromatic heterocycles. The molecule has 0 aliphatic heterocycles. The summed E-state index contributed by atoms with van der Waals surface area (Å²) in [6, 6.07) is 0. The van der Waals surface area contributed by atoms with Crippen molar-refractivity contribution in [3.05, 3.63) is 24.3 Å². The van der Waals surface area contributed by atoms with E-state index in [9.17, 15) is 14.7 Å². The number of carbonyl (C=O) groups excluding carboxylic acids is 1. The second kappa shape index (κ2) is 12.1. The van der Waals surface area contributed by atoms with E-state index < -0.39 is 11.6 Å². The second-order valence-electron chi connectivity index (χ2n) is 7.89. The lowest BCUT2D eigenvalue weighted by molar-refractivity contribution is -0.136. The molecular formula is C23H38O4. The predicted octanol–water partition coefficient (Wildman–Crippen LogP) is 5.31. The highest BCUT2D eigenvalue weighted by Gasteiger charge is 2.35. The quantitative estimate of drug-likeness (QED) is 0.426. The van der Waals surface area contributed by atoms with Crippen LogP contribution in [0, 0.1) is 17.8 Å². The van der Waals surface area contributed by atoms with Gasteiger partial charge in [0.25, 0.3) is 0 Å². The van der Waals surface area contributed by atoms with Crippen LogP contribution in [-0.4, -0.2) is 27.6 Å². The molecule has 0 aromatic carbocycles. The normalized spacial score (nSPS) is 22.9. The minimum atomic E-state index is -0.801. The van der Waals surface area contributed by atoms with Gasteiger partial charge in [-0.05, 0) is 50.4 Å². The van der Waals surface area contributed by atoms with Crippen molar-refractivity contribution in [2.45, 2.75) is 90.6 Å². The molecule has 154 valence electrons. The maximum absolute atomic E-state index is 12.3. The molecule has 1 rings (SSSR count).